The Balaban J connectivity index is 2.47. The van der Waals surface area contributed by atoms with Gasteiger partial charge in [-0.25, -0.2) is 0 Å². The number of nitrogens with zero attached hydrogens (tertiary/aromatic N) is 1. The standard InChI is InChI=1S/C13H25NO3/c1-13(2,12(15)17-4)10-14-7-5-6-11(8-14)9-16-3/h11H,5-10H2,1-4H3. The van der Waals surface area contributed by atoms with Gasteiger partial charge in [-0.3, -0.25) is 4.79 Å². The minimum Gasteiger partial charge on any atom is -0.469 e. The van der Waals surface area contributed by atoms with E-state index >= 15 is 0 Å². The van der Waals surface area contributed by atoms with E-state index in [9.17, 15) is 4.79 Å². The lowest BCUT2D eigenvalue weighted by atomic mass is 9.90. The van der Waals surface area contributed by atoms with Gasteiger partial charge in [0.1, 0.15) is 0 Å². The Morgan fingerprint density at radius 1 is 1.41 bits per heavy atom. The molecule has 4 nitrogen and oxygen atoms in total. The molecule has 1 heterocycles. The van der Waals surface area contributed by atoms with Gasteiger partial charge in [0.25, 0.3) is 0 Å². The average Bonchev–Trinajstić information content (AvgIpc) is 2.28. The molecule has 0 aromatic heterocycles. The lowest BCUT2D eigenvalue weighted by molar-refractivity contribution is -0.152. The maximum Gasteiger partial charge on any atom is 0.312 e. The smallest absolute Gasteiger partial charge is 0.312 e. The van der Waals surface area contributed by atoms with E-state index in [-0.39, 0.29) is 5.97 Å². The van der Waals surface area contributed by atoms with Gasteiger partial charge in [-0.05, 0) is 39.2 Å². The summed E-state index contributed by atoms with van der Waals surface area (Å²) in [6.45, 7) is 7.56. The molecule has 1 unspecified atom stereocenters. The molecule has 1 aliphatic heterocycles. The average molecular weight is 243 g/mol. The van der Waals surface area contributed by atoms with Crippen LogP contribution in [0.25, 0.3) is 0 Å². The Bertz CT molecular complexity index is 251. The van der Waals surface area contributed by atoms with Crippen molar-refractivity contribution >= 4 is 5.97 Å². The van der Waals surface area contributed by atoms with Gasteiger partial charge in [0.2, 0.25) is 0 Å². The second-order valence-corrected chi connectivity index (χ2v) is 5.57. The summed E-state index contributed by atoms with van der Waals surface area (Å²) in [5, 5.41) is 0. The number of esters is 1. The highest BCUT2D eigenvalue weighted by atomic mass is 16.5. The van der Waals surface area contributed by atoms with Crippen molar-refractivity contribution in [1.82, 2.24) is 4.90 Å². The number of likely N-dealkylation sites (tertiary alicyclic amines) is 1. The van der Waals surface area contributed by atoms with Crippen molar-refractivity contribution in [3.63, 3.8) is 0 Å². The number of hydrogen-bond donors (Lipinski definition) is 0. The van der Waals surface area contributed by atoms with Crippen molar-refractivity contribution in [3.8, 4) is 0 Å². The molecule has 1 fully saturated rings. The molecule has 0 aromatic rings. The fourth-order valence-electron chi connectivity index (χ4n) is 2.57. The van der Waals surface area contributed by atoms with Crippen molar-refractivity contribution in [1.29, 1.82) is 0 Å². The maximum atomic E-state index is 11.6. The molecule has 0 N–H and O–H groups in total. The van der Waals surface area contributed by atoms with E-state index in [4.69, 9.17) is 9.47 Å². The fourth-order valence-corrected chi connectivity index (χ4v) is 2.57. The summed E-state index contributed by atoms with van der Waals surface area (Å²) >= 11 is 0. The first-order chi connectivity index (χ1) is 7.99. The van der Waals surface area contributed by atoms with E-state index < -0.39 is 5.41 Å². The molecular formula is C13H25NO3. The van der Waals surface area contributed by atoms with Crippen molar-refractivity contribution in [2.75, 3.05) is 40.5 Å². The lowest BCUT2D eigenvalue weighted by Gasteiger charge is -2.36. The normalized spacial score (nSPS) is 22.5. The molecule has 100 valence electrons. The predicted octanol–water partition coefficient (Wildman–Crippen LogP) is 1.54. The van der Waals surface area contributed by atoms with Crippen molar-refractivity contribution in [2.24, 2.45) is 11.3 Å². The Kier molecular flexibility index (Phi) is 5.40. The minimum absolute atomic E-state index is 0.133. The van der Waals surface area contributed by atoms with E-state index in [0.717, 1.165) is 26.2 Å². The molecule has 0 amide bonds. The number of hydrogen-bond acceptors (Lipinski definition) is 4. The fraction of sp³-hybridized carbons (Fsp3) is 0.923. The first-order valence-corrected chi connectivity index (χ1v) is 6.29. The van der Waals surface area contributed by atoms with Gasteiger partial charge in [0, 0.05) is 20.2 Å². The largest absolute Gasteiger partial charge is 0.469 e. The molecule has 1 aliphatic rings. The van der Waals surface area contributed by atoms with Crippen LogP contribution in [0.5, 0.6) is 0 Å². The predicted molar refractivity (Wildman–Crippen MR) is 66.8 cm³/mol. The van der Waals surface area contributed by atoms with E-state index in [2.05, 4.69) is 4.90 Å². The summed E-state index contributed by atoms with van der Waals surface area (Å²) in [5.41, 5.74) is -0.427. The number of carbonyl (C=O) groups is 1. The summed E-state index contributed by atoms with van der Waals surface area (Å²) in [6, 6.07) is 0. The second kappa shape index (κ2) is 6.36. The molecule has 0 saturated carbocycles. The zero-order valence-corrected chi connectivity index (χ0v) is 11.5. The van der Waals surface area contributed by atoms with Crippen molar-refractivity contribution in [3.05, 3.63) is 0 Å². The first kappa shape index (κ1) is 14.5. The number of methoxy groups -OCH3 is 2. The van der Waals surface area contributed by atoms with Crippen LogP contribution in [0.15, 0.2) is 0 Å². The van der Waals surface area contributed by atoms with E-state index in [1.54, 1.807) is 7.11 Å². The Morgan fingerprint density at radius 2 is 2.12 bits per heavy atom. The Labute approximate surface area is 104 Å². The first-order valence-electron chi connectivity index (χ1n) is 6.29. The molecule has 0 radical (unpaired) electrons. The highest BCUT2D eigenvalue weighted by Gasteiger charge is 2.32. The van der Waals surface area contributed by atoms with Gasteiger partial charge < -0.3 is 14.4 Å². The van der Waals surface area contributed by atoms with E-state index in [1.165, 1.54) is 20.0 Å². The zero-order chi connectivity index (χ0) is 12.9. The zero-order valence-electron chi connectivity index (χ0n) is 11.5. The van der Waals surface area contributed by atoms with Crippen LogP contribution in [0.3, 0.4) is 0 Å². The number of ether oxygens (including phenoxy) is 2. The number of carbonyl (C=O) groups excluding carboxylic acids is 1. The molecule has 1 atom stereocenters. The summed E-state index contributed by atoms with van der Waals surface area (Å²) < 4.78 is 10.1. The minimum atomic E-state index is -0.427. The SMILES string of the molecule is COCC1CCCN(CC(C)(C)C(=O)OC)C1. The van der Waals surface area contributed by atoms with Gasteiger partial charge in [0.15, 0.2) is 0 Å². The van der Waals surface area contributed by atoms with Crippen LogP contribution < -0.4 is 0 Å². The van der Waals surface area contributed by atoms with Crippen LogP contribution in [0, 0.1) is 11.3 Å². The van der Waals surface area contributed by atoms with Gasteiger partial charge in [-0.2, -0.15) is 0 Å². The molecule has 17 heavy (non-hydrogen) atoms. The second-order valence-electron chi connectivity index (χ2n) is 5.57. The third-order valence-electron chi connectivity index (χ3n) is 3.36. The summed E-state index contributed by atoms with van der Waals surface area (Å²) in [4.78, 5) is 14.0. The molecular weight excluding hydrogens is 218 g/mol. The molecule has 0 aromatic carbocycles. The van der Waals surface area contributed by atoms with Gasteiger partial charge >= 0.3 is 5.97 Å². The molecule has 1 rings (SSSR count). The summed E-state index contributed by atoms with van der Waals surface area (Å²) in [6.07, 6.45) is 2.41. The molecule has 4 heteroatoms. The van der Waals surface area contributed by atoms with Crippen LogP contribution in [0.4, 0.5) is 0 Å². The molecule has 0 aliphatic carbocycles. The molecule has 1 saturated heterocycles. The maximum absolute atomic E-state index is 11.6. The number of piperidine rings is 1. The van der Waals surface area contributed by atoms with Crippen molar-refractivity contribution < 1.29 is 14.3 Å². The Morgan fingerprint density at radius 3 is 2.71 bits per heavy atom. The molecule has 0 spiro atoms. The highest BCUT2D eigenvalue weighted by Crippen LogP contribution is 2.23. The monoisotopic (exact) mass is 243 g/mol. The lowest BCUT2D eigenvalue weighted by Crippen LogP contribution is -2.45. The number of rotatable bonds is 5. The third-order valence-corrected chi connectivity index (χ3v) is 3.36. The van der Waals surface area contributed by atoms with Crippen molar-refractivity contribution in [2.45, 2.75) is 26.7 Å². The van der Waals surface area contributed by atoms with Crippen LogP contribution in [-0.4, -0.2) is 51.3 Å². The van der Waals surface area contributed by atoms with Gasteiger partial charge in [-0.1, -0.05) is 0 Å². The van der Waals surface area contributed by atoms with Gasteiger partial charge in [0.05, 0.1) is 19.1 Å². The van der Waals surface area contributed by atoms with Crippen LogP contribution >= 0.6 is 0 Å². The topological polar surface area (TPSA) is 38.8 Å². The van der Waals surface area contributed by atoms with E-state index in [1.807, 2.05) is 13.8 Å². The van der Waals surface area contributed by atoms with Crippen LogP contribution in [0.1, 0.15) is 26.7 Å². The quantitative estimate of drug-likeness (QED) is 0.687. The highest BCUT2D eigenvalue weighted by molar-refractivity contribution is 5.76. The van der Waals surface area contributed by atoms with E-state index in [0.29, 0.717) is 5.92 Å². The summed E-state index contributed by atoms with van der Waals surface area (Å²) in [7, 11) is 3.20. The molecule has 0 bridgehead atoms. The van der Waals surface area contributed by atoms with Crippen LogP contribution in [0.2, 0.25) is 0 Å². The third kappa shape index (κ3) is 4.28. The van der Waals surface area contributed by atoms with Gasteiger partial charge in [-0.15, -0.1) is 0 Å². The Hall–Kier alpha value is -0.610. The van der Waals surface area contributed by atoms with Crippen LogP contribution in [-0.2, 0) is 14.3 Å². The summed E-state index contributed by atoms with van der Waals surface area (Å²) in [5.74, 6) is 0.466.